The zero-order valence-electron chi connectivity index (χ0n) is 9.33. The molecule has 0 aromatic carbocycles. The summed E-state index contributed by atoms with van der Waals surface area (Å²) in [5.74, 6) is 0. The van der Waals surface area contributed by atoms with Crippen LogP contribution in [0.25, 0.3) is 0 Å². The Bertz CT molecular complexity index is 324. The van der Waals surface area contributed by atoms with Gasteiger partial charge in [0.1, 0.15) is 0 Å². The van der Waals surface area contributed by atoms with Crippen molar-refractivity contribution >= 4 is 0 Å². The monoisotopic (exact) mass is 203 g/mol. The van der Waals surface area contributed by atoms with Gasteiger partial charge in [-0.1, -0.05) is 6.07 Å². The SMILES string of the molecule is CC(C)(C#N)CNCCc1cccnc1. The number of hydrogen-bond donors (Lipinski definition) is 1. The topological polar surface area (TPSA) is 48.7 Å². The van der Waals surface area contributed by atoms with Crippen molar-refractivity contribution in [2.45, 2.75) is 20.3 Å². The first kappa shape index (κ1) is 11.7. The van der Waals surface area contributed by atoms with Crippen LogP contribution in [0.3, 0.4) is 0 Å². The predicted octanol–water partition coefficient (Wildman–Crippen LogP) is 1.76. The number of nitriles is 1. The summed E-state index contributed by atoms with van der Waals surface area (Å²) in [4.78, 5) is 4.05. The van der Waals surface area contributed by atoms with Crippen molar-refractivity contribution in [1.82, 2.24) is 10.3 Å². The summed E-state index contributed by atoms with van der Waals surface area (Å²) in [5.41, 5.74) is 0.939. The lowest BCUT2D eigenvalue weighted by Crippen LogP contribution is -2.29. The van der Waals surface area contributed by atoms with Gasteiger partial charge in [-0.2, -0.15) is 5.26 Å². The van der Waals surface area contributed by atoms with E-state index >= 15 is 0 Å². The summed E-state index contributed by atoms with van der Waals surface area (Å²) in [6.07, 6.45) is 4.60. The molecule has 3 nitrogen and oxygen atoms in total. The number of hydrogen-bond acceptors (Lipinski definition) is 3. The molecule has 0 fully saturated rings. The van der Waals surface area contributed by atoms with Crippen molar-refractivity contribution in [2.24, 2.45) is 5.41 Å². The number of aromatic nitrogens is 1. The lowest BCUT2D eigenvalue weighted by molar-refractivity contribution is 0.447. The molecule has 1 heterocycles. The first-order chi connectivity index (χ1) is 7.14. The molecule has 0 aliphatic rings. The summed E-state index contributed by atoms with van der Waals surface area (Å²) in [7, 11) is 0. The van der Waals surface area contributed by atoms with E-state index in [1.807, 2.05) is 26.1 Å². The van der Waals surface area contributed by atoms with Gasteiger partial charge in [0.05, 0.1) is 11.5 Å². The second-order valence-corrected chi connectivity index (χ2v) is 4.28. The molecule has 0 bridgehead atoms. The van der Waals surface area contributed by atoms with Crippen molar-refractivity contribution in [3.8, 4) is 6.07 Å². The molecule has 0 radical (unpaired) electrons. The van der Waals surface area contributed by atoms with Gasteiger partial charge >= 0.3 is 0 Å². The van der Waals surface area contributed by atoms with Crippen LogP contribution in [0.5, 0.6) is 0 Å². The summed E-state index contributed by atoms with van der Waals surface area (Å²) in [6, 6.07) is 6.26. The van der Waals surface area contributed by atoms with Gasteiger partial charge in [-0.25, -0.2) is 0 Å². The second-order valence-electron chi connectivity index (χ2n) is 4.28. The second kappa shape index (κ2) is 5.47. The molecule has 15 heavy (non-hydrogen) atoms. The average Bonchev–Trinajstić information content (AvgIpc) is 2.26. The number of pyridine rings is 1. The Morgan fingerprint density at radius 3 is 2.93 bits per heavy atom. The molecule has 1 N–H and O–H groups in total. The molecule has 0 unspecified atom stereocenters. The summed E-state index contributed by atoms with van der Waals surface area (Å²) >= 11 is 0. The highest BCUT2D eigenvalue weighted by molar-refractivity contribution is 5.08. The smallest absolute Gasteiger partial charge is 0.0697 e. The summed E-state index contributed by atoms with van der Waals surface area (Å²) < 4.78 is 0. The van der Waals surface area contributed by atoms with Crippen LogP contribution >= 0.6 is 0 Å². The first-order valence-corrected chi connectivity index (χ1v) is 5.15. The minimum Gasteiger partial charge on any atom is -0.315 e. The molecule has 0 saturated carbocycles. The Kier molecular flexibility index (Phi) is 4.26. The average molecular weight is 203 g/mol. The van der Waals surface area contributed by atoms with Crippen molar-refractivity contribution in [3.05, 3.63) is 30.1 Å². The molecular weight excluding hydrogens is 186 g/mol. The highest BCUT2D eigenvalue weighted by atomic mass is 14.9. The van der Waals surface area contributed by atoms with Crippen LogP contribution in [0.15, 0.2) is 24.5 Å². The number of nitrogens with one attached hydrogen (secondary N) is 1. The molecule has 80 valence electrons. The fourth-order valence-electron chi connectivity index (χ4n) is 1.22. The molecule has 0 aliphatic heterocycles. The van der Waals surface area contributed by atoms with E-state index in [2.05, 4.69) is 22.4 Å². The zero-order chi connectivity index (χ0) is 11.1. The molecule has 3 heteroatoms. The standard InChI is InChI=1S/C12H17N3/c1-12(2,9-13)10-15-7-5-11-4-3-6-14-8-11/h3-4,6,8,15H,5,7,10H2,1-2H3. The van der Waals surface area contributed by atoms with E-state index in [0.717, 1.165) is 19.5 Å². The van der Waals surface area contributed by atoms with Crippen LogP contribution in [-0.4, -0.2) is 18.1 Å². The van der Waals surface area contributed by atoms with Gasteiger partial charge in [0, 0.05) is 18.9 Å². The van der Waals surface area contributed by atoms with Crippen LogP contribution in [0.1, 0.15) is 19.4 Å². The number of rotatable bonds is 5. The molecule has 0 spiro atoms. The van der Waals surface area contributed by atoms with Gasteiger partial charge in [-0.05, 0) is 38.4 Å². The maximum absolute atomic E-state index is 8.81. The van der Waals surface area contributed by atoms with E-state index in [4.69, 9.17) is 5.26 Å². The Hall–Kier alpha value is -1.40. The molecule has 0 aliphatic carbocycles. The minimum atomic E-state index is -0.283. The third kappa shape index (κ3) is 4.57. The molecule has 1 aromatic rings. The van der Waals surface area contributed by atoms with Crippen LogP contribution in [0.4, 0.5) is 0 Å². The maximum atomic E-state index is 8.81. The number of nitrogens with zero attached hydrogens (tertiary/aromatic N) is 2. The molecule has 1 aromatic heterocycles. The Morgan fingerprint density at radius 2 is 2.33 bits per heavy atom. The highest BCUT2D eigenvalue weighted by Crippen LogP contribution is 2.10. The van der Waals surface area contributed by atoms with Gasteiger partial charge in [0.25, 0.3) is 0 Å². The van der Waals surface area contributed by atoms with Crippen LogP contribution in [-0.2, 0) is 6.42 Å². The minimum absolute atomic E-state index is 0.283. The van der Waals surface area contributed by atoms with Gasteiger partial charge in [0.2, 0.25) is 0 Å². The van der Waals surface area contributed by atoms with Crippen molar-refractivity contribution in [1.29, 1.82) is 5.26 Å². The first-order valence-electron chi connectivity index (χ1n) is 5.15. The van der Waals surface area contributed by atoms with E-state index in [9.17, 15) is 0 Å². The van der Waals surface area contributed by atoms with Crippen molar-refractivity contribution in [2.75, 3.05) is 13.1 Å². The lowest BCUT2D eigenvalue weighted by atomic mass is 9.96. The fraction of sp³-hybridized carbons (Fsp3) is 0.500. The third-order valence-corrected chi connectivity index (χ3v) is 2.18. The molecule has 0 atom stereocenters. The van der Waals surface area contributed by atoms with Gasteiger partial charge < -0.3 is 5.32 Å². The van der Waals surface area contributed by atoms with E-state index < -0.39 is 0 Å². The normalized spacial score (nSPS) is 11.0. The van der Waals surface area contributed by atoms with E-state index in [1.54, 1.807) is 6.20 Å². The summed E-state index contributed by atoms with van der Waals surface area (Å²) in [6.45, 7) is 5.48. The molecular formula is C12H17N3. The van der Waals surface area contributed by atoms with Crippen molar-refractivity contribution < 1.29 is 0 Å². The van der Waals surface area contributed by atoms with Gasteiger partial charge in [0.15, 0.2) is 0 Å². The van der Waals surface area contributed by atoms with E-state index in [0.29, 0.717) is 0 Å². The van der Waals surface area contributed by atoms with E-state index in [-0.39, 0.29) is 5.41 Å². The van der Waals surface area contributed by atoms with Crippen LogP contribution in [0, 0.1) is 16.7 Å². The third-order valence-electron chi connectivity index (χ3n) is 2.18. The Labute approximate surface area is 91.1 Å². The highest BCUT2D eigenvalue weighted by Gasteiger charge is 2.14. The maximum Gasteiger partial charge on any atom is 0.0697 e. The van der Waals surface area contributed by atoms with E-state index in [1.165, 1.54) is 5.56 Å². The Morgan fingerprint density at radius 1 is 1.53 bits per heavy atom. The lowest BCUT2D eigenvalue weighted by Gasteiger charge is -2.15. The van der Waals surface area contributed by atoms with Crippen LogP contribution in [0.2, 0.25) is 0 Å². The van der Waals surface area contributed by atoms with Crippen molar-refractivity contribution in [3.63, 3.8) is 0 Å². The molecule has 0 amide bonds. The summed E-state index contributed by atoms with van der Waals surface area (Å²) in [5, 5.41) is 12.1. The van der Waals surface area contributed by atoms with Crippen LogP contribution < -0.4 is 5.32 Å². The van der Waals surface area contributed by atoms with Gasteiger partial charge in [-0.3, -0.25) is 4.98 Å². The molecule has 0 saturated heterocycles. The zero-order valence-corrected chi connectivity index (χ0v) is 9.33. The Balaban J connectivity index is 2.21. The quantitative estimate of drug-likeness (QED) is 0.742. The molecule has 1 rings (SSSR count). The fourth-order valence-corrected chi connectivity index (χ4v) is 1.22. The largest absolute Gasteiger partial charge is 0.315 e. The predicted molar refractivity (Wildman–Crippen MR) is 60.2 cm³/mol. The van der Waals surface area contributed by atoms with Gasteiger partial charge in [-0.15, -0.1) is 0 Å².